The average Bonchev–Trinajstić information content (AvgIpc) is 3.25. The first kappa shape index (κ1) is 25.9. The molecular weight excluding hydrogens is 522 g/mol. The molecule has 0 bridgehead atoms. The molecule has 0 saturated heterocycles. The van der Waals surface area contributed by atoms with Gasteiger partial charge in [-0.3, -0.25) is 9.98 Å². The summed E-state index contributed by atoms with van der Waals surface area (Å²) in [6.07, 6.45) is 3.59. The van der Waals surface area contributed by atoms with Crippen molar-refractivity contribution in [2.24, 2.45) is 4.99 Å². The molecule has 0 radical (unpaired) electrons. The van der Waals surface area contributed by atoms with Crippen LogP contribution in [-0.4, -0.2) is 35.9 Å². The van der Waals surface area contributed by atoms with Crippen LogP contribution in [0.1, 0.15) is 35.2 Å². The molecule has 0 fully saturated rings. The minimum atomic E-state index is -2.98. The Morgan fingerprint density at radius 1 is 1.21 bits per heavy atom. The van der Waals surface area contributed by atoms with Gasteiger partial charge in [-0.25, -0.2) is 13.8 Å². The van der Waals surface area contributed by atoms with Crippen molar-refractivity contribution in [2.75, 3.05) is 13.2 Å². The number of aryl methyl sites for hydroxylation is 1. The molecule has 1 unspecified atom stereocenters. The van der Waals surface area contributed by atoms with E-state index in [0.29, 0.717) is 53.2 Å². The fourth-order valence-electron chi connectivity index (χ4n) is 4.40. The van der Waals surface area contributed by atoms with Gasteiger partial charge in [0.1, 0.15) is 17.0 Å². The van der Waals surface area contributed by atoms with Crippen molar-refractivity contribution < 1.29 is 27.0 Å². The fourth-order valence-corrected chi connectivity index (χ4v) is 4.64. The monoisotopic (exact) mass is 543 g/mol. The molecule has 10 heteroatoms. The van der Waals surface area contributed by atoms with Crippen molar-refractivity contribution in [3.05, 3.63) is 81.6 Å². The fraction of sp³-hybridized carbons (Fsp3) is 0.250. The highest BCUT2D eigenvalue weighted by molar-refractivity contribution is 6.33. The lowest BCUT2D eigenvalue weighted by molar-refractivity contribution is -0.0489. The molecule has 3 heterocycles. The molecule has 5 rings (SSSR count). The Morgan fingerprint density at radius 2 is 2.03 bits per heavy atom. The van der Waals surface area contributed by atoms with Crippen LogP contribution < -0.4 is 9.47 Å². The highest BCUT2D eigenvalue weighted by Crippen LogP contribution is 2.43. The van der Waals surface area contributed by atoms with E-state index in [-0.39, 0.29) is 22.3 Å². The Morgan fingerprint density at radius 3 is 2.82 bits per heavy atom. The second kappa shape index (κ2) is 10.6. The van der Waals surface area contributed by atoms with Crippen LogP contribution in [0.15, 0.2) is 47.6 Å². The first-order valence-electron chi connectivity index (χ1n) is 11.9. The molecular formula is C28H22ClF4N3O2. The molecule has 1 aliphatic rings. The van der Waals surface area contributed by atoms with E-state index < -0.39 is 18.2 Å². The predicted octanol–water partition coefficient (Wildman–Crippen LogP) is 7.30. The standard InChI is InChI=1S/C28H22ClF4N3O2/c1-14-7-17-8-16(9-22(38-28(32)33)25(17)35-11-14)12-34-6-5-18-10-20-15(2)13-37-27(20)26(36-18)19-3-4-21(30)24(31)23(19)29/h3-4,7-12,15,28H,5-6,13H2,1-2H3. The number of alkyl halides is 2. The second-order valence-electron chi connectivity index (χ2n) is 9.08. The molecule has 5 nitrogen and oxygen atoms in total. The van der Waals surface area contributed by atoms with E-state index in [2.05, 4.69) is 19.7 Å². The first-order valence-corrected chi connectivity index (χ1v) is 12.2. The lowest BCUT2D eigenvalue weighted by Crippen LogP contribution is -2.04. The van der Waals surface area contributed by atoms with Crippen LogP contribution in [0, 0.1) is 18.6 Å². The van der Waals surface area contributed by atoms with Gasteiger partial charge in [0.25, 0.3) is 0 Å². The topological polar surface area (TPSA) is 56.6 Å². The Labute approximate surface area is 221 Å². The molecule has 0 amide bonds. The number of aromatic nitrogens is 2. The number of halogens is 5. The van der Waals surface area contributed by atoms with Crippen molar-refractivity contribution in [1.29, 1.82) is 0 Å². The van der Waals surface area contributed by atoms with Crippen LogP contribution in [0.25, 0.3) is 22.2 Å². The number of aliphatic imine (C=N–C) groups is 1. The van der Waals surface area contributed by atoms with E-state index in [0.717, 1.165) is 17.2 Å². The molecule has 1 aliphatic heterocycles. The minimum Gasteiger partial charge on any atom is -0.490 e. The van der Waals surface area contributed by atoms with Gasteiger partial charge < -0.3 is 9.47 Å². The number of rotatable bonds is 7. The third kappa shape index (κ3) is 5.15. The van der Waals surface area contributed by atoms with Crippen molar-refractivity contribution in [1.82, 2.24) is 9.97 Å². The van der Waals surface area contributed by atoms with Crippen LogP contribution in [0.3, 0.4) is 0 Å². The predicted molar refractivity (Wildman–Crippen MR) is 138 cm³/mol. The van der Waals surface area contributed by atoms with Crippen molar-refractivity contribution >= 4 is 28.7 Å². The van der Waals surface area contributed by atoms with E-state index in [1.54, 1.807) is 18.5 Å². The van der Waals surface area contributed by atoms with Gasteiger partial charge in [0.15, 0.2) is 17.4 Å². The van der Waals surface area contributed by atoms with Crippen LogP contribution >= 0.6 is 11.6 Å². The third-order valence-electron chi connectivity index (χ3n) is 6.21. The van der Waals surface area contributed by atoms with Crippen molar-refractivity contribution in [3.63, 3.8) is 0 Å². The zero-order valence-electron chi connectivity index (χ0n) is 20.4. The van der Waals surface area contributed by atoms with E-state index in [4.69, 9.17) is 16.3 Å². The Bertz CT molecular complexity index is 1560. The molecule has 0 saturated carbocycles. The maximum Gasteiger partial charge on any atom is 0.387 e. The van der Waals surface area contributed by atoms with Crippen LogP contribution in [0.4, 0.5) is 17.6 Å². The van der Waals surface area contributed by atoms with Gasteiger partial charge in [-0.2, -0.15) is 8.78 Å². The van der Waals surface area contributed by atoms with Crippen LogP contribution in [-0.2, 0) is 6.42 Å². The summed E-state index contributed by atoms with van der Waals surface area (Å²) in [4.78, 5) is 13.3. The molecule has 4 aromatic rings. The quantitative estimate of drug-likeness (QED) is 0.139. The molecule has 0 N–H and O–H groups in total. The lowest BCUT2D eigenvalue weighted by atomic mass is 9.99. The summed E-state index contributed by atoms with van der Waals surface area (Å²) >= 11 is 6.12. The van der Waals surface area contributed by atoms with Crippen LogP contribution in [0.2, 0.25) is 5.02 Å². The van der Waals surface area contributed by atoms with E-state index in [1.807, 2.05) is 26.0 Å². The molecule has 196 valence electrons. The Balaban J connectivity index is 1.41. The molecule has 0 aliphatic carbocycles. The summed E-state index contributed by atoms with van der Waals surface area (Å²) in [5.41, 5.74) is 3.98. The van der Waals surface area contributed by atoms with Gasteiger partial charge in [0, 0.05) is 53.5 Å². The zero-order chi connectivity index (χ0) is 27.0. The summed E-state index contributed by atoms with van der Waals surface area (Å²) in [5, 5.41) is 0.299. The van der Waals surface area contributed by atoms with Gasteiger partial charge in [-0.1, -0.05) is 18.5 Å². The Kier molecular flexibility index (Phi) is 7.21. The SMILES string of the molecule is Cc1cnc2c(OC(F)F)cc(C=NCCc3cc4c(c(-c5ccc(F)c(F)c5Cl)n3)OCC4C)cc2c1. The van der Waals surface area contributed by atoms with Gasteiger partial charge in [0.05, 0.1) is 11.6 Å². The molecule has 0 spiro atoms. The number of fused-ring (bicyclic) bond motifs is 2. The van der Waals surface area contributed by atoms with Crippen molar-refractivity contribution in [3.8, 4) is 22.8 Å². The second-order valence-corrected chi connectivity index (χ2v) is 9.46. The van der Waals surface area contributed by atoms with Gasteiger partial charge in [0.2, 0.25) is 0 Å². The summed E-state index contributed by atoms with van der Waals surface area (Å²) in [5.74, 6) is -1.62. The summed E-state index contributed by atoms with van der Waals surface area (Å²) in [6, 6.07) is 9.40. The lowest BCUT2D eigenvalue weighted by Gasteiger charge is -2.12. The molecule has 38 heavy (non-hydrogen) atoms. The summed E-state index contributed by atoms with van der Waals surface area (Å²) in [6.45, 7) is 1.65. The number of benzene rings is 2. The largest absolute Gasteiger partial charge is 0.490 e. The zero-order valence-corrected chi connectivity index (χ0v) is 21.2. The average molecular weight is 544 g/mol. The highest BCUT2D eigenvalue weighted by atomic mass is 35.5. The van der Waals surface area contributed by atoms with E-state index >= 15 is 0 Å². The molecule has 2 aromatic heterocycles. The minimum absolute atomic E-state index is 0.0266. The first-order chi connectivity index (χ1) is 18.2. The van der Waals surface area contributed by atoms with E-state index in [9.17, 15) is 17.6 Å². The Hall–Kier alpha value is -3.72. The molecule has 1 atom stereocenters. The van der Waals surface area contributed by atoms with Crippen LogP contribution in [0.5, 0.6) is 11.5 Å². The summed E-state index contributed by atoms with van der Waals surface area (Å²) in [7, 11) is 0. The normalized spacial score (nSPS) is 14.9. The van der Waals surface area contributed by atoms with E-state index in [1.165, 1.54) is 12.1 Å². The van der Waals surface area contributed by atoms with Gasteiger partial charge in [-0.05, 0) is 54.4 Å². The van der Waals surface area contributed by atoms with Gasteiger partial charge >= 0.3 is 6.61 Å². The number of pyridine rings is 2. The molecule has 2 aromatic carbocycles. The number of ether oxygens (including phenoxy) is 2. The smallest absolute Gasteiger partial charge is 0.387 e. The third-order valence-corrected chi connectivity index (χ3v) is 6.58. The highest BCUT2D eigenvalue weighted by Gasteiger charge is 2.28. The van der Waals surface area contributed by atoms with Gasteiger partial charge in [-0.15, -0.1) is 0 Å². The maximum absolute atomic E-state index is 14.2. The number of hydrogen-bond acceptors (Lipinski definition) is 5. The number of nitrogens with zero attached hydrogens (tertiary/aromatic N) is 3. The number of hydrogen-bond donors (Lipinski definition) is 0. The maximum atomic E-state index is 14.2. The van der Waals surface area contributed by atoms with Crippen molar-refractivity contribution in [2.45, 2.75) is 32.8 Å². The summed E-state index contributed by atoms with van der Waals surface area (Å²) < 4.78 is 64.2.